The summed E-state index contributed by atoms with van der Waals surface area (Å²) in [4.78, 5) is 15.8. The first-order valence-corrected chi connectivity index (χ1v) is 8.75. The van der Waals surface area contributed by atoms with Crippen molar-refractivity contribution in [1.82, 2.24) is 4.90 Å². The molecule has 1 rings (SSSR count). The molecular formula is C19H28ClN4O3-. The minimum Gasteiger partial charge on any atom is -1.00 e. The van der Waals surface area contributed by atoms with Gasteiger partial charge < -0.3 is 37.7 Å². The fraction of sp³-hybridized carbons (Fsp3) is 0.474. The highest BCUT2D eigenvalue weighted by molar-refractivity contribution is 5.97. The molecule has 1 aromatic carbocycles. The van der Waals surface area contributed by atoms with E-state index in [4.69, 9.17) is 10.2 Å². The molecule has 0 unspecified atom stereocenters. The molecule has 0 fully saturated rings. The first-order valence-electron chi connectivity index (χ1n) is 8.75. The van der Waals surface area contributed by atoms with Crippen LogP contribution in [-0.4, -0.2) is 60.4 Å². The molecule has 1 aromatic rings. The van der Waals surface area contributed by atoms with Gasteiger partial charge in [0.05, 0.1) is 13.2 Å². The van der Waals surface area contributed by atoms with Gasteiger partial charge in [-0.3, -0.25) is 4.79 Å². The third kappa shape index (κ3) is 7.10. The van der Waals surface area contributed by atoms with E-state index in [1.165, 1.54) is 11.1 Å². The zero-order valence-electron chi connectivity index (χ0n) is 16.1. The van der Waals surface area contributed by atoms with Gasteiger partial charge in [0.2, 0.25) is 0 Å². The zero-order chi connectivity index (χ0) is 19.5. The molecule has 8 heteroatoms. The number of carbonyl (C=O) groups excluding carboxylic acids is 1. The molecule has 1 amide bonds. The highest BCUT2D eigenvalue weighted by Crippen LogP contribution is 2.23. The van der Waals surface area contributed by atoms with Crippen molar-refractivity contribution in [2.75, 3.05) is 49.6 Å². The number of rotatable bonds is 10. The summed E-state index contributed by atoms with van der Waals surface area (Å²) in [6, 6.07) is 7.84. The van der Waals surface area contributed by atoms with Gasteiger partial charge in [0, 0.05) is 43.8 Å². The minimum absolute atomic E-state index is 0. The van der Waals surface area contributed by atoms with Crippen molar-refractivity contribution in [3.63, 3.8) is 0 Å². The molecule has 0 aromatic heterocycles. The fourth-order valence-corrected chi connectivity index (χ4v) is 2.61. The Morgan fingerprint density at radius 3 is 2.26 bits per heavy atom. The summed E-state index contributed by atoms with van der Waals surface area (Å²) in [5.74, 6) is -0.527. The van der Waals surface area contributed by atoms with Gasteiger partial charge in [0.25, 0.3) is 5.91 Å². The Morgan fingerprint density at radius 2 is 1.81 bits per heavy atom. The van der Waals surface area contributed by atoms with Crippen molar-refractivity contribution in [2.45, 2.75) is 20.8 Å². The third-order valence-corrected chi connectivity index (χ3v) is 4.09. The maximum absolute atomic E-state index is 12.3. The number of aliphatic hydroxyl groups is 2. The molecule has 0 aliphatic carbocycles. The second-order valence-electron chi connectivity index (χ2n) is 5.73. The van der Waals surface area contributed by atoms with E-state index in [1.807, 2.05) is 25.1 Å². The van der Waals surface area contributed by atoms with Gasteiger partial charge in [-0.05, 0) is 44.5 Å². The number of anilines is 2. The highest BCUT2D eigenvalue weighted by Gasteiger charge is 2.17. The van der Waals surface area contributed by atoms with Gasteiger partial charge >= 0.3 is 0 Å². The maximum atomic E-state index is 12.3. The second kappa shape index (κ2) is 13.0. The lowest BCUT2D eigenvalue weighted by Crippen LogP contribution is -3.00. The molecule has 0 saturated carbocycles. The number of nitrogens with zero attached hydrogens (tertiary/aromatic N) is 3. The van der Waals surface area contributed by atoms with Crippen LogP contribution in [0.3, 0.4) is 0 Å². The number of hydrogen-bond donors (Lipinski definition) is 3. The summed E-state index contributed by atoms with van der Waals surface area (Å²) in [5, 5.41) is 30.3. The summed E-state index contributed by atoms with van der Waals surface area (Å²) in [5.41, 5.74) is 2.84. The Balaban J connectivity index is 0.00000676. The van der Waals surface area contributed by atoms with Gasteiger partial charge in [-0.15, -0.1) is 0 Å². The molecule has 7 nitrogen and oxygen atoms in total. The fourth-order valence-electron chi connectivity index (χ4n) is 2.61. The van der Waals surface area contributed by atoms with E-state index in [-0.39, 0.29) is 44.3 Å². The van der Waals surface area contributed by atoms with Gasteiger partial charge in [-0.25, -0.2) is 0 Å². The Labute approximate surface area is 167 Å². The smallest absolute Gasteiger partial charge is 0.266 e. The lowest BCUT2D eigenvalue weighted by atomic mass is 10.1. The van der Waals surface area contributed by atoms with Crippen LogP contribution in [-0.2, 0) is 4.79 Å². The van der Waals surface area contributed by atoms with Gasteiger partial charge in [-0.2, -0.15) is 5.26 Å². The van der Waals surface area contributed by atoms with E-state index in [0.29, 0.717) is 0 Å². The number of amides is 1. The highest BCUT2D eigenvalue weighted by atomic mass is 35.5. The van der Waals surface area contributed by atoms with Crippen LogP contribution in [0.25, 0.3) is 0 Å². The molecule has 27 heavy (non-hydrogen) atoms. The first kappa shape index (κ1) is 24.7. The predicted molar refractivity (Wildman–Crippen MR) is 103 cm³/mol. The SMILES string of the molecule is CCN(CC)c1ccc(N/C=C(/C#N)C(=O)N(CCO)CCO)c(C)c1.[Cl-]. The van der Waals surface area contributed by atoms with Crippen molar-refractivity contribution in [3.8, 4) is 6.07 Å². The average molecular weight is 396 g/mol. The zero-order valence-corrected chi connectivity index (χ0v) is 16.8. The van der Waals surface area contributed by atoms with E-state index in [0.717, 1.165) is 30.0 Å². The van der Waals surface area contributed by atoms with E-state index in [2.05, 4.69) is 30.1 Å². The number of nitriles is 1. The van der Waals surface area contributed by atoms with Crippen LogP contribution in [0.1, 0.15) is 19.4 Å². The number of aliphatic hydroxyl groups excluding tert-OH is 2. The molecule has 0 spiro atoms. The number of nitrogens with one attached hydrogen (secondary N) is 1. The van der Waals surface area contributed by atoms with Gasteiger partial charge in [0.15, 0.2) is 0 Å². The van der Waals surface area contributed by atoms with E-state index < -0.39 is 5.91 Å². The lowest BCUT2D eigenvalue weighted by Gasteiger charge is -2.22. The van der Waals surface area contributed by atoms with Crippen LogP contribution in [0.2, 0.25) is 0 Å². The second-order valence-corrected chi connectivity index (χ2v) is 5.73. The topological polar surface area (TPSA) is 99.8 Å². The largest absolute Gasteiger partial charge is 1.00 e. The Hall–Kier alpha value is -2.27. The van der Waals surface area contributed by atoms with Gasteiger partial charge in [0.1, 0.15) is 11.6 Å². The molecule has 0 saturated heterocycles. The number of carbonyl (C=O) groups is 1. The van der Waals surface area contributed by atoms with Crippen molar-refractivity contribution in [1.29, 1.82) is 5.26 Å². The van der Waals surface area contributed by atoms with Crippen LogP contribution < -0.4 is 22.6 Å². The molecule has 0 radical (unpaired) electrons. The van der Waals surface area contributed by atoms with E-state index in [9.17, 15) is 10.1 Å². The van der Waals surface area contributed by atoms with Crippen LogP contribution in [0.5, 0.6) is 0 Å². The Kier molecular flexibility index (Phi) is 11.9. The Bertz CT molecular complexity index is 663. The number of hydrogen-bond acceptors (Lipinski definition) is 6. The molecule has 0 atom stereocenters. The summed E-state index contributed by atoms with van der Waals surface area (Å²) in [6.07, 6.45) is 1.36. The first-order chi connectivity index (χ1) is 12.5. The summed E-state index contributed by atoms with van der Waals surface area (Å²) in [6.45, 7) is 7.66. The summed E-state index contributed by atoms with van der Waals surface area (Å²) in [7, 11) is 0. The normalized spacial score (nSPS) is 10.6. The van der Waals surface area contributed by atoms with Crippen LogP contribution in [0.15, 0.2) is 30.0 Å². The average Bonchev–Trinajstić information content (AvgIpc) is 2.64. The van der Waals surface area contributed by atoms with Crippen LogP contribution in [0, 0.1) is 18.3 Å². The minimum atomic E-state index is -0.527. The van der Waals surface area contributed by atoms with Crippen LogP contribution >= 0.6 is 0 Å². The monoisotopic (exact) mass is 395 g/mol. The van der Waals surface area contributed by atoms with Crippen LogP contribution in [0.4, 0.5) is 11.4 Å². The number of halogens is 1. The van der Waals surface area contributed by atoms with Crippen molar-refractivity contribution in [3.05, 3.63) is 35.5 Å². The van der Waals surface area contributed by atoms with Crippen molar-refractivity contribution in [2.24, 2.45) is 0 Å². The van der Waals surface area contributed by atoms with E-state index in [1.54, 1.807) is 0 Å². The Morgan fingerprint density at radius 1 is 1.22 bits per heavy atom. The quantitative estimate of drug-likeness (QED) is 0.328. The standard InChI is InChI=1S/C19H28N4O3.ClH/c1-4-22(5-2)17-6-7-18(15(3)12-17)21-14-16(13-20)19(26)23(8-10-24)9-11-25;/h6-7,12,14,21,24-25H,4-5,8-11H2,1-3H3;1H/p-1/b16-14-;. The summed E-state index contributed by atoms with van der Waals surface area (Å²) >= 11 is 0. The van der Waals surface area contributed by atoms with Crippen molar-refractivity contribution >= 4 is 17.3 Å². The molecule has 0 heterocycles. The lowest BCUT2D eigenvalue weighted by molar-refractivity contribution is -0.127. The molecular weight excluding hydrogens is 368 g/mol. The van der Waals surface area contributed by atoms with Gasteiger partial charge in [-0.1, -0.05) is 0 Å². The van der Waals surface area contributed by atoms with Crippen molar-refractivity contribution < 1.29 is 27.4 Å². The number of aryl methyl sites for hydroxylation is 1. The molecule has 3 N–H and O–H groups in total. The maximum Gasteiger partial charge on any atom is 0.266 e. The number of benzene rings is 1. The molecule has 0 aliphatic heterocycles. The predicted octanol–water partition coefficient (Wildman–Crippen LogP) is -1.52. The molecule has 0 bridgehead atoms. The van der Waals surface area contributed by atoms with E-state index >= 15 is 0 Å². The third-order valence-electron chi connectivity index (χ3n) is 4.09. The molecule has 150 valence electrons. The summed E-state index contributed by atoms with van der Waals surface area (Å²) < 4.78 is 0. The molecule has 0 aliphatic rings.